The van der Waals surface area contributed by atoms with Crippen LogP contribution in [0.1, 0.15) is 11.1 Å². The third kappa shape index (κ3) is 2.18. The van der Waals surface area contributed by atoms with Crippen LogP contribution >= 0.6 is 0 Å². The van der Waals surface area contributed by atoms with Gasteiger partial charge in [0.25, 0.3) is 0 Å². The minimum atomic E-state index is -0.998. The van der Waals surface area contributed by atoms with E-state index in [4.69, 9.17) is 10.8 Å². The zero-order valence-electron chi connectivity index (χ0n) is 7.17. The number of nitrogens with two attached hydrogens (primary N) is 1. The molecule has 13 heavy (non-hydrogen) atoms. The van der Waals surface area contributed by atoms with E-state index in [0.717, 1.165) is 0 Å². The fraction of sp³-hybridized carbons (Fsp3) is 0.222. The van der Waals surface area contributed by atoms with Gasteiger partial charge in [-0.15, -0.1) is 0 Å². The number of halogens is 1. The number of hydrogen-bond donors (Lipinski definition) is 2. The van der Waals surface area contributed by atoms with Gasteiger partial charge >= 0.3 is 5.97 Å². The maximum atomic E-state index is 13.0. The van der Waals surface area contributed by atoms with E-state index in [1.54, 1.807) is 6.92 Å². The first-order chi connectivity index (χ1) is 6.00. The molecule has 0 spiro atoms. The molecule has 0 saturated heterocycles. The molecular weight excluding hydrogens is 173 g/mol. The summed E-state index contributed by atoms with van der Waals surface area (Å²) in [5.74, 6) is -1.46. The summed E-state index contributed by atoms with van der Waals surface area (Å²) in [7, 11) is 0. The van der Waals surface area contributed by atoms with Crippen molar-refractivity contribution in [3.05, 3.63) is 29.1 Å². The molecule has 3 N–H and O–H groups in total. The zero-order chi connectivity index (χ0) is 10.0. The highest BCUT2D eigenvalue weighted by atomic mass is 19.1. The molecule has 3 nitrogen and oxygen atoms in total. The van der Waals surface area contributed by atoms with Gasteiger partial charge in [-0.3, -0.25) is 4.79 Å². The van der Waals surface area contributed by atoms with Crippen molar-refractivity contribution < 1.29 is 14.3 Å². The van der Waals surface area contributed by atoms with E-state index in [1.807, 2.05) is 0 Å². The Hall–Kier alpha value is -1.58. The molecule has 0 unspecified atom stereocenters. The van der Waals surface area contributed by atoms with Crippen LogP contribution in [-0.2, 0) is 11.2 Å². The molecule has 0 heterocycles. The molecule has 0 aliphatic carbocycles. The highest BCUT2D eigenvalue weighted by molar-refractivity contribution is 5.71. The summed E-state index contributed by atoms with van der Waals surface area (Å²) in [6.45, 7) is 1.55. The lowest BCUT2D eigenvalue weighted by molar-refractivity contribution is -0.136. The smallest absolute Gasteiger partial charge is 0.307 e. The number of carbonyl (C=O) groups is 1. The largest absolute Gasteiger partial charge is 0.481 e. The molecule has 0 atom stereocenters. The lowest BCUT2D eigenvalue weighted by Gasteiger charge is -2.04. The molecule has 0 saturated carbocycles. The number of nitrogen functional groups attached to an aromatic ring is 1. The average molecular weight is 183 g/mol. The van der Waals surface area contributed by atoms with Crippen molar-refractivity contribution in [2.75, 3.05) is 5.73 Å². The van der Waals surface area contributed by atoms with Gasteiger partial charge in [0.15, 0.2) is 0 Å². The SMILES string of the molecule is Cc1c(N)cc(CC(=O)O)cc1F. The van der Waals surface area contributed by atoms with Crippen molar-refractivity contribution in [2.45, 2.75) is 13.3 Å². The molecule has 0 radical (unpaired) electrons. The van der Waals surface area contributed by atoms with Crippen molar-refractivity contribution in [3.63, 3.8) is 0 Å². The van der Waals surface area contributed by atoms with Gasteiger partial charge in [0.1, 0.15) is 5.82 Å². The maximum absolute atomic E-state index is 13.0. The molecule has 0 bridgehead atoms. The van der Waals surface area contributed by atoms with Crippen LogP contribution in [-0.4, -0.2) is 11.1 Å². The molecule has 0 aliphatic rings. The standard InChI is InChI=1S/C9H10FNO2/c1-5-7(10)2-6(3-8(5)11)4-9(12)13/h2-3H,4,11H2,1H3,(H,12,13). The van der Waals surface area contributed by atoms with Crippen LogP contribution in [0.2, 0.25) is 0 Å². The summed E-state index contributed by atoms with van der Waals surface area (Å²) >= 11 is 0. The number of carboxylic acids is 1. The van der Waals surface area contributed by atoms with Crippen molar-refractivity contribution in [1.82, 2.24) is 0 Å². The normalized spacial score (nSPS) is 10.0. The average Bonchev–Trinajstić information content (AvgIpc) is 1.98. The van der Waals surface area contributed by atoms with E-state index in [2.05, 4.69) is 0 Å². The fourth-order valence-corrected chi connectivity index (χ4v) is 1.04. The molecule has 0 aromatic heterocycles. The van der Waals surface area contributed by atoms with Crippen molar-refractivity contribution >= 4 is 11.7 Å². The Labute approximate surface area is 75.0 Å². The van der Waals surface area contributed by atoms with Gasteiger partial charge in [0.2, 0.25) is 0 Å². The first-order valence-corrected chi connectivity index (χ1v) is 3.77. The van der Waals surface area contributed by atoms with E-state index >= 15 is 0 Å². The number of hydrogen-bond acceptors (Lipinski definition) is 2. The molecule has 1 rings (SSSR count). The van der Waals surface area contributed by atoms with Crippen LogP contribution < -0.4 is 5.73 Å². The molecular formula is C9H10FNO2. The second-order valence-electron chi connectivity index (χ2n) is 2.86. The molecule has 1 aromatic carbocycles. The third-order valence-corrected chi connectivity index (χ3v) is 1.80. The van der Waals surface area contributed by atoms with Crippen LogP contribution in [0.3, 0.4) is 0 Å². The van der Waals surface area contributed by atoms with Crippen molar-refractivity contribution in [1.29, 1.82) is 0 Å². The molecule has 4 heteroatoms. The van der Waals surface area contributed by atoms with E-state index in [9.17, 15) is 9.18 Å². The number of aliphatic carboxylic acids is 1. The fourth-order valence-electron chi connectivity index (χ4n) is 1.04. The Balaban J connectivity index is 3.06. The predicted molar refractivity (Wildman–Crippen MR) is 46.9 cm³/mol. The maximum Gasteiger partial charge on any atom is 0.307 e. The molecule has 0 fully saturated rings. The minimum Gasteiger partial charge on any atom is -0.481 e. The first kappa shape index (κ1) is 9.51. The lowest BCUT2D eigenvalue weighted by Crippen LogP contribution is -2.03. The number of benzene rings is 1. The number of anilines is 1. The summed E-state index contributed by atoms with van der Waals surface area (Å²) in [6.07, 6.45) is -0.207. The van der Waals surface area contributed by atoms with Gasteiger partial charge in [-0.05, 0) is 24.6 Å². The number of carboxylic acid groups (broad SMARTS) is 1. The highest BCUT2D eigenvalue weighted by Gasteiger charge is 2.06. The highest BCUT2D eigenvalue weighted by Crippen LogP contribution is 2.17. The Morgan fingerprint density at radius 1 is 1.62 bits per heavy atom. The summed E-state index contributed by atoms with van der Waals surface area (Å²) in [6, 6.07) is 2.67. The summed E-state index contributed by atoms with van der Waals surface area (Å²) < 4.78 is 13.0. The summed E-state index contributed by atoms with van der Waals surface area (Å²) in [5, 5.41) is 8.45. The zero-order valence-corrected chi connectivity index (χ0v) is 7.17. The van der Waals surface area contributed by atoms with Crippen LogP contribution in [0.25, 0.3) is 0 Å². The summed E-state index contributed by atoms with van der Waals surface area (Å²) in [5.41, 5.74) is 6.49. The quantitative estimate of drug-likeness (QED) is 0.680. The van der Waals surface area contributed by atoms with Crippen molar-refractivity contribution in [2.24, 2.45) is 0 Å². The monoisotopic (exact) mass is 183 g/mol. The third-order valence-electron chi connectivity index (χ3n) is 1.80. The second kappa shape index (κ2) is 3.43. The van der Waals surface area contributed by atoms with Crippen LogP contribution in [0.5, 0.6) is 0 Å². The molecule has 1 aromatic rings. The Morgan fingerprint density at radius 3 is 2.69 bits per heavy atom. The van der Waals surface area contributed by atoms with Crippen LogP contribution in [0.4, 0.5) is 10.1 Å². The van der Waals surface area contributed by atoms with Gasteiger partial charge in [-0.25, -0.2) is 4.39 Å². The van der Waals surface area contributed by atoms with Crippen molar-refractivity contribution in [3.8, 4) is 0 Å². The van der Waals surface area contributed by atoms with E-state index < -0.39 is 11.8 Å². The Morgan fingerprint density at radius 2 is 2.23 bits per heavy atom. The van der Waals surface area contributed by atoms with Gasteiger partial charge in [-0.2, -0.15) is 0 Å². The summed E-state index contributed by atoms with van der Waals surface area (Å²) in [4.78, 5) is 10.3. The van der Waals surface area contributed by atoms with Gasteiger partial charge in [0, 0.05) is 11.3 Å². The van der Waals surface area contributed by atoms with Gasteiger partial charge in [-0.1, -0.05) is 0 Å². The van der Waals surface area contributed by atoms with E-state index in [1.165, 1.54) is 12.1 Å². The Bertz CT molecular complexity index is 326. The van der Waals surface area contributed by atoms with Crippen LogP contribution in [0, 0.1) is 12.7 Å². The van der Waals surface area contributed by atoms with E-state index in [-0.39, 0.29) is 12.1 Å². The molecule has 0 aliphatic heterocycles. The van der Waals surface area contributed by atoms with Gasteiger partial charge < -0.3 is 10.8 Å². The number of rotatable bonds is 2. The second-order valence-corrected chi connectivity index (χ2v) is 2.86. The molecule has 0 amide bonds. The van der Waals surface area contributed by atoms with Gasteiger partial charge in [0.05, 0.1) is 6.42 Å². The Kier molecular flexibility index (Phi) is 2.51. The lowest BCUT2D eigenvalue weighted by atomic mass is 10.1. The van der Waals surface area contributed by atoms with E-state index in [0.29, 0.717) is 11.1 Å². The predicted octanol–water partition coefficient (Wildman–Crippen LogP) is 1.34. The minimum absolute atomic E-state index is 0.207. The molecule has 70 valence electrons. The first-order valence-electron chi connectivity index (χ1n) is 3.77. The van der Waals surface area contributed by atoms with Crippen LogP contribution in [0.15, 0.2) is 12.1 Å². The topological polar surface area (TPSA) is 63.3 Å².